The fraction of sp³-hybridized carbons (Fsp3) is 1.00. The van der Waals surface area contributed by atoms with Crippen molar-refractivity contribution in [2.75, 3.05) is 13.3 Å². The van der Waals surface area contributed by atoms with Gasteiger partial charge >= 0.3 is 5.92 Å². The first-order valence-corrected chi connectivity index (χ1v) is 2.22. The lowest BCUT2D eigenvalue weighted by molar-refractivity contribution is -0.0460. The van der Waals surface area contributed by atoms with Crippen LogP contribution < -0.4 is 0 Å². The molecule has 1 rings (SSSR count). The highest BCUT2D eigenvalue weighted by molar-refractivity contribution is 4.85. The van der Waals surface area contributed by atoms with Crippen molar-refractivity contribution in [3.8, 4) is 0 Å². The van der Waals surface area contributed by atoms with Gasteiger partial charge < -0.3 is 4.74 Å². The SMILES string of the molecule is FCC(F)(F)C1CO1. The van der Waals surface area contributed by atoms with Gasteiger partial charge in [-0.15, -0.1) is 0 Å². The molecule has 1 fully saturated rings. The summed E-state index contributed by atoms with van der Waals surface area (Å²) in [4.78, 5) is 0. The van der Waals surface area contributed by atoms with Crippen LogP contribution in [-0.4, -0.2) is 25.3 Å². The molecule has 0 aromatic rings. The molecule has 1 aliphatic heterocycles. The summed E-state index contributed by atoms with van der Waals surface area (Å²) in [5.74, 6) is -3.24. The standard InChI is InChI=1S/C4H5F3O/c5-2-4(6,7)3-1-8-3/h3H,1-2H2. The Bertz CT molecular complexity index is 89.3. The maximum Gasteiger partial charge on any atom is 0.303 e. The molecule has 8 heavy (non-hydrogen) atoms. The number of halogens is 3. The van der Waals surface area contributed by atoms with E-state index in [1.54, 1.807) is 0 Å². The van der Waals surface area contributed by atoms with E-state index in [2.05, 4.69) is 4.74 Å². The second kappa shape index (κ2) is 1.62. The quantitative estimate of drug-likeness (QED) is 0.502. The van der Waals surface area contributed by atoms with Gasteiger partial charge in [0.05, 0.1) is 6.61 Å². The largest absolute Gasteiger partial charge is 0.366 e. The van der Waals surface area contributed by atoms with Gasteiger partial charge in [-0.05, 0) is 0 Å². The number of ether oxygens (including phenoxy) is 1. The molecule has 0 aromatic heterocycles. The zero-order chi connectivity index (χ0) is 6.20. The molecule has 0 aromatic carbocycles. The number of alkyl halides is 3. The molecule has 0 bridgehead atoms. The van der Waals surface area contributed by atoms with Gasteiger partial charge in [-0.2, -0.15) is 0 Å². The van der Waals surface area contributed by atoms with Crippen LogP contribution in [0.4, 0.5) is 13.2 Å². The van der Waals surface area contributed by atoms with Gasteiger partial charge in [-0.3, -0.25) is 0 Å². The van der Waals surface area contributed by atoms with E-state index in [0.717, 1.165) is 0 Å². The molecular formula is C4H5F3O. The molecule has 1 saturated heterocycles. The van der Waals surface area contributed by atoms with E-state index in [1.807, 2.05) is 0 Å². The minimum Gasteiger partial charge on any atom is -0.366 e. The Balaban J connectivity index is 2.37. The van der Waals surface area contributed by atoms with E-state index in [0.29, 0.717) is 0 Å². The summed E-state index contributed by atoms with van der Waals surface area (Å²) in [6.07, 6.45) is -1.15. The third-order valence-electron chi connectivity index (χ3n) is 0.983. The Labute approximate surface area is 44.4 Å². The van der Waals surface area contributed by atoms with Crippen molar-refractivity contribution in [1.82, 2.24) is 0 Å². The van der Waals surface area contributed by atoms with Crippen LogP contribution in [0.5, 0.6) is 0 Å². The van der Waals surface area contributed by atoms with Gasteiger partial charge in [0, 0.05) is 0 Å². The molecule has 0 saturated carbocycles. The summed E-state index contributed by atoms with van der Waals surface area (Å²) in [7, 11) is 0. The van der Waals surface area contributed by atoms with Gasteiger partial charge in [0.25, 0.3) is 0 Å². The zero-order valence-electron chi connectivity index (χ0n) is 4.03. The minimum absolute atomic E-state index is 0.00306. The summed E-state index contributed by atoms with van der Waals surface area (Å²) in [6.45, 7) is -1.62. The molecule has 0 amide bonds. The maximum absolute atomic E-state index is 11.8. The zero-order valence-corrected chi connectivity index (χ0v) is 4.03. The van der Waals surface area contributed by atoms with Crippen LogP contribution >= 0.6 is 0 Å². The van der Waals surface area contributed by atoms with Gasteiger partial charge in [0.15, 0.2) is 6.67 Å². The smallest absolute Gasteiger partial charge is 0.303 e. The van der Waals surface area contributed by atoms with Crippen LogP contribution in [0.15, 0.2) is 0 Å². The average molecular weight is 126 g/mol. The Morgan fingerprint density at radius 2 is 2.12 bits per heavy atom. The molecule has 48 valence electrons. The van der Waals surface area contributed by atoms with E-state index in [4.69, 9.17) is 0 Å². The normalized spacial score (nSPS) is 28.1. The first-order chi connectivity index (χ1) is 3.67. The van der Waals surface area contributed by atoms with Crippen molar-refractivity contribution in [2.24, 2.45) is 0 Å². The summed E-state index contributed by atoms with van der Waals surface area (Å²) in [6, 6.07) is 0. The van der Waals surface area contributed by atoms with Crippen molar-refractivity contribution in [2.45, 2.75) is 12.0 Å². The van der Waals surface area contributed by atoms with Crippen LogP contribution in [0.25, 0.3) is 0 Å². The Kier molecular flexibility index (Phi) is 1.19. The molecule has 0 radical (unpaired) electrons. The number of hydrogen-bond donors (Lipinski definition) is 0. The van der Waals surface area contributed by atoms with E-state index in [-0.39, 0.29) is 6.61 Å². The number of epoxide rings is 1. The molecule has 1 nitrogen and oxygen atoms in total. The van der Waals surface area contributed by atoms with Crippen molar-refractivity contribution in [3.05, 3.63) is 0 Å². The second-order valence-electron chi connectivity index (χ2n) is 1.72. The van der Waals surface area contributed by atoms with Crippen LogP contribution in [-0.2, 0) is 4.74 Å². The Hall–Kier alpha value is -0.250. The maximum atomic E-state index is 11.8. The van der Waals surface area contributed by atoms with Crippen LogP contribution in [0.2, 0.25) is 0 Å². The topological polar surface area (TPSA) is 12.5 Å². The first kappa shape index (κ1) is 5.88. The van der Waals surface area contributed by atoms with Gasteiger partial charge in [0.1, 0.15) is 6.10 Å². The van der Waals surface area contributed by atoms with Crippen molar-refractivity contribution in [3.63, 3.8) is 0 Å². The van der Waals surface area contributed by atoms with Crippen molar-refractivity contribution in [1.29, 1.82) is 0 Å². The number of hydrogen-bond acceptors (Lipinski definition) is 1. The van der Waals surface area contributed by atoms with Gasteiger partial charge in [0.2, 0.25) is 0 Å². The lowest BCUT2D eigenvalue weighted by Crippen LogP contribution is -2.26. The van der Waals surface area contributed by atoms with E-state index in [9.17, 15) is 13.2 Å². The van der Waals surface area contributed by atoms with Crippen LogP contribution in [0.1, 0.15) is 0 Å². The lowest BCUT2D eigenvalue weighted by atomic mass is 10.3. The minimum atomic E-state index is -3.24. The highest BCUT2D eigenvalue weighted by Crippen LogP contribution is 2.29. The monoisotopic (exact) mass is 126 g/mol. The molecule has 0 N–H and O–H groups in total. The molecule has 1 atom stereocenters. The van der Waals surface area contributed by atoms with Crippen LogP contribution in [0, 0.1) is 0 Å². The molecule has 0 aliphatic carbocycles. The highest BCUT2D eigenvalue weighted by Gasteiger charge is 2.48. The molecule has 1 heterocycles. The molecule has 1 unspecified atom stereocenters. The second-order valence-corrected chi connectivity index (χ2v) is 1.72. The third kappa shape index (κ3) is 0.940. The molecule has 4 heteroatoms. The third-order valence-corrected chi connectivity index (χ3v) is 0.983. The predicted octanol–water partition coefficient (Wildman–Crippen LogP) is 0.990. The molecular weight excluding hydrogens is 121 g/mol. The Morgan fingerprint density at radius 3 is 2.25 bits per heavy atom. The first-order valence-electron chi connectivity index (χ1n) is 2.22. The van der Waals surface area contributed by atoms with Gasteiger partial charge in [-0.1, -0.05) is 0 Å². The summed E-state index contributed by atoms with van der Waals surface area (Å²) in [5, 5.41) is 0. The lowest BCUT2D eigenvalue weighted by Gasteiger charge is -2.05. The van der Waals surface area contributed by atoms with Crippen molar-refractivity contribution >= 4 is 0 Å². The molecule has 0 spiro atoms. The fourth-order valence-electron chi connectivity index (χ4n) is 0.378. The van der Waals surface area contributed by atoms with E-state index in [1.165, 1.54) is 0 Å². The predicted molar refractivity (Wildman–Crippen MR) is 20.7 cm³/mol. The fourth-order valence-corrected chi connectivity index (χ4v) is 0.378. The highest BCUT2D eigenvalue weighted by atomic mass is 19.3. The average Bonchev–Trinajstić information content (AvgIpc) is 2.44. The Morgan fingerprint density at radius 1 is 1.62 bits per heavy atom. The molecule has 1 aliphatic rings. The van der Waals surface area contributed by atoms with Gasteiger partial charge in [-0.25, -0.2) is 13.2 Å². The summed E-state index contributed by atoms with van der Waals surface area (Å²) >= 11 is 0. The van der Waals surface area contributed by atoms with Crippen LogP contribution in [0.3, 0.4) is 0 Å². The summed E-state index contributed by atoms with van der Waals surface area (Å²) in [5.41, 5.74) is 0. The van der Waals surface area contributed by atoms with E-state index >= 15 is 0 Å². The van der Waals surface area contributed by atoms with E-state index < -0.39 is 18.7 Å². The number of rotatable bonds is 2. The summed E-state index contributed by atoms with van der Waals surface area (Å²) < 4.78 is 39.1. The van der Waals surface area contributed by atoms with Crippen molar-refractivity contribution < 1.29 is 17.9 Å².